The molecule has 0 aromatic heterocycles. The molecule has 1 N–H and O–H groups in total. The van der Waals surface area contributed by atoms with Gasteiger partial charge in [-0.2, -0.15) is 4.31 Å². The summed E-state index contributed by atoms with van der Waals surface area (Å²) in [7, 11) is -3.67. The molecule has 1 amide bonds. The molecular weight excluding hydrogens is 440 g/mol. The Balaban J connectivity index is 1.36. The summed E-state index contributed by atoms with van der Waals surface area (Å²) in [5, 5.41) is 3.52. The van der Waals surface area contributed by atoms with Crippen LogP contribution < -0.4 is 14.8 Å². The Bertz CT molecular complexity index is 1050. The molecule has 0 saturated carbocycles. The van der Waals surface area contributed by atoms with Gasteiger partial charge >= 0.3 is 0 Å². The number of piperidine rings is 1. The third kappa shape index (κ3) is 4.97. The van der Waals surface area contributed by atoms with Gasteiger partial charge in [0.25, 0.3) is 0 Å². The highest BCUT2D eigenvalue weighted by molar-refractivity contribution is 7.89. The molecule has 2 aliphatic rings. The second-order valence-electron chi connectivity index (χ2n) is 7.65. The number of amides is 1. The Morgan fingerprint density at radius 2 is 1.77 bits per heavy atom. The van der Waals surface area contributed by atoms with Crippen molar-refractivity contribution in [2.75, 3.05) is 26.3 Å². The lowest BCUT2D eigenvalue weighted by atomic mass is 9.97. The molecule has 9 heteroatoms. The average molecular weight is 465 g/mol. The maximum absolute atomic E-state index is 13.1. The number of hydrogen-bond donors (Lipinski definition) is 1. The number of rotatable bonds is 5. The molecule has 31 heavy (non-hydrogen) atoms. The van der Waals surface area contributed by atoms with Gasteiger partial charge in [0.2, 0.25) is 15.9 Å². The number of carbonyl (C=O) groups is 1. The van der Waals surface area contributed by atoms with Crippen LogP contribution in [0, 0.1) is 5.92 Å². The molecule has 0 aliphatic carbocycles. The summed E-state index contributed by atoms with van der Waals surface area (Å²) >= 11 is 6.13. The molecule has 1 fully saturated rings. The molecule has 0 atom stereocenters. The molecular formula is C22H25ClN2O5S. The molecule has 1 saturated heterocycles. The SMILES string of the molecule is O=C(NCc1ccccc1Cl)C1CCN(S(=O)(=O)c2ccc3c(c2)OCCCO3)CC1. The van der Waals surface area contributed by atoms with E-state index >= 15 is 0 Å². The van der Waals surface area contributed by atoms with Gasteiger partial charge in [0.05, 0.1) is 18.1 Å². The van der Waals surface area contributed by atoms with Gasteiger partial charge in [-0.25, -0.2) is 8.42 Å². The van der Waals surface area contributed by atoms with Crippen LogP contribution in [0.5, 0.6) is 11.5 Å². The van der Waals surface area contributed by atoms with Gasteiger partial charge in [-0.1, -0.05) is 29.8 Å². The number of nitrogens with zero attached hydrogens (tertiary/aromatic N) is 1. The van der Waals surface area contributed by atoms with E-state index in [-0.39, 0.29) is 16.7 Å². The molecule has 166 valence electrons. The monoisotopic (exact) mass is 464 g/mol. The number of fused-ring (bicyclic) bond motifs is 1. The number of hydrogen-bond acceptors (Lipinski definition) is 5. The zero-order chi connectivity index (χ0) is 21.8. The fourth-order valence-electron chi connectivity index (χ4n) is 3.78. The first-order valence-corrected chi connectivity index (χ1v) is 12.2. The fraction of sp³-hybridized carbons (Fsp3) is 0.409. The van der Waals surface area contributed by atoms with Crippen molar-refractivity contribution in [3.8, 4) is 11.5 Å². The number of sulfonamides is 1. The first kappa shape index (κ1) is 21.9. The smallest absolute Gasteiger partial charge is 0.243 e. The highest BCUT2D eigenvalue weighted by Crippen LogP contribution is 2.33. The zero-order valence-corrected chi connectivity index (χ0v) is 18.6. The van der Waals surface area contributed by atoms with Gasteiger partial charge in [0.1, 0.15) is 0 Å². The lowest BCUT2D eigenvalue weighted by Gasteiger charge is -2.30. The number of benzene rings is 2. The predicted octanol–water partition coefficient (Wildman–Crippen LogP) is 3.22. The van der Waals surface area contributed by atoms with Crippen LogP contribution in [0.2, 0.25) is 5.02 Å². The van der Waals surface area contributed by atoms with Crippen molar-refractivity contribution in [3.63, 3.8) is 0 Å². The molecule has 7 nitrogen and oxygen atoms in total. The van der Waals surface area contributed by atoms with Gasteiger partial charge in [-0.05, 0) is 36.6 Å². The Morgan fingerprint density at radius 3 is 2.52 bits per heavy atom. The Hall–Kier alpha value is -2.29. The van der Waals surface area contributed by atoms with Crippen LogP contribution in [0.3, 0.4) is 0 Å². The van der Waals surface area contributed by atoms with Crippen LogP contribution in [0.15, 0.2) is 47.4 Å². The largest absolute Gasteiger partial charge is 0.490 e. The number of halogens is 1. The molecule has 4 rings (SSSR count). The van der Waals surface area contributed by atoms with Crippen molar-refractivity contribution in [2.24, 2.45) is 5.92 Å². The number of nitrogens with one attached hydrogen (secondary N) is 1. The van der Waals surface area contributed by atoms with Crippen LogP contribution in [0.1, 0.15) is 24.8 Å². The lowest BCUT2D eigenvalue weighted by Crippen LogP contribution is -2.42. The summed E-state index contributed by atoms with van der Waals surface area (Å²) in [6.07, 6.45) is 1.69. The molecule has 0 unspecified atom stereocenters. The highest BCUT2D eigenvalue weighted by atomic mass is 35.5. The van der Waals surface area contributed by atoms with E-state index in [1.807, 2.05) is 18.2 Å². The minimum atomic E-state index is -3.67. The number of ether oxygens (including phenoxy) is 2. The Labute approximate surface area is 187 Å². The van der Waals surface area contributed by atoms with Crippen LogP contribution in [0.4, 0.5) is 0 Å². The van der Waals surface area contributed by atoms with Crippen LogP contribution in [-0.4, -0.2) is 44.9 Å². The molecule has 0 bridgehead atoms. The second-order valence-corrected chi connectivity index (χ2v) is 9.99. The van der Waals surface area contributed by atoms with Gasteiger partial charge in [-0.3, -0.25) is 4.79 Å². The Morgan fingerprint density at radius 1 is 1.06 bits per heavy atom. The summed E-state index contributed by atoms with van der Waals surface area (Å²) < 4.78 is 38.8. The minimum absolute atomic E-state index is 0.0763. The standard InChI is InChI=1S/C22H25ClN2O5S/c23-19-5-2-1-4-17(19)15-24-22(26)16-8-10-25(11-9-16)31(27,28)18-6-7-20-21(14-18)30-13-3-12-29-20/h1-2,4-7,14,16H,3,8-13,15H2,(H,24,26). The van der Waals surface area contributed by atoms with E-state index in [2.05, 4.69) is 5.32 Å². The van der Waals surface area contributed by atoms with Crippen molar-refractivity contribution < 1.29 is 22.7 Å². The normalized spacial score (nSPS) is 17.7. The third-order valence-electron chi connectivity index (χ3n) is 5.59. The molecule has 2 aromatic carbocycles. The predicted molar refractivity (Wildman–Crippen MR) is 117 cm³/mol. The van der Waals surface area contributed by atoms with E-state index in [0.29, 0.717) is 62.2 Å². The van der Waals surface area contributed by atoms with E-state index < -0.39 is 10.0 Å². The van der Waals surface area contributed by atoms with Crippen LogP contribution >= 0.6 is 11.6 Å². The van der Waals surface area contributed by atoms with E-state index in [1.54, 1.807) is 18.2 Å². The van der Waals surface area contributed by atoms with Crippen molar-refractivity contribution in [1.82, 2.24) is 9.62 Å². The second kappa shape index (κ2) is 9.46. The van der Waals surface area contributed by atoms with Crippen molar-refractivity contribution in [1.29, 1.82) is 0 Å². The van der Waals surface area contributed by atoms with E-state index in [4.69, 9.17) is 21.1 Å². The molecule has 2 aliphatic heterocycles. The van der Waals surface area contributed by atoms with Gasteiger partial charge in [0.15, 0.2) is 11.5 Å². The zero-order valence-electron chi connectivity index (χ0n) is 17.1. The maximum Gasteiger partial charge on any atom is 0.243 e. The molecule has 2 heterocycles. The summed E-state index contributed by atoms with van der Waals surface area (Å²) in [5.74, 6) is 0.711. The summed E-state index contributed by atoms with van der Waals surface area (Å²) in [6, 6.07) is 12.1. The van der Waals surface area contributed by atoms with E-state index in [0.717, 1.165) is 12.0 Å². The quantitative estimate of drug-likeness (QED) is 0.734. The third-order valence-corrected chi connectivity index (χ3v) is 7.86. The first-order chi connectivity index (χ1) is 14.9. The summed E-state index contributed by atoms with van der Waals surface area (Å²) in [6.45, 7) is 1.98. The molecule has 0 radical (unpaired) electrons. The van der Waals surface area contributed by atoms with Gasteiger partial charge in [-0.15, -0.1) is 0 Å². The summed E-state index contributed by atoms with van der Waals surface area (Å²) in [5.41, 5.74) is 0.854. The van der Waals surface area contributed by atoms with E-state index in [1.165, 1.54) is 10.4 Å². The van der Waals surface area contributed by atoms with Gasteiger partial charge in [0, 0.05) is 43.1 Å². The first-order valence-electron chi connectivity index (χ1n) is 10.4. The lowest BCUT2D eigenvalue weighted by molar-refractivity contribution is -0.126. The van der Waals surface area contributed by atoms with Gasteiger partial charge < -0.3 is 14.8 Å². The topological polar surface area (TPSA) is 84.9 Å². The molecule has 2 aromatic rings. The van der Waals surface area contributed by atoms with Crippen LogP contribution in [0.25, 0.3) is 0 Å². The maximum atomic E-state index is 13.1. The minimum Gasteiger partial charge on any atom is -0.490 e. The Kier molecular flexibility index (Phi) is 6.69. The van der Waals surface area contributed by atoms with Crippen molar-refractivity contribution in [3.05, 3.63) is 53.1 Å². The highest BCUT2D eigenvalue weighted by Gasteiger charge is 2.32. The van der Waals surface area contributed by atoms with Crippen LogP contribution in [-0.2, 0) is 21.4 Å². The fourth-order valence-corrected chi connectivity index (χ4v) is 5.47. The average Bonchev–Trinajstić information content (AvgIpc) is 3.03. The summed E-state index contributed by atoms with van der Waals surface area (Å²) in [4.78, 5) is 12.7. The van der Waals surface area contributed by atoms with Crippen molar-refractivity contribution in [2.45, 2.75) is 30.7 Å². The van der Waals surface area contributed by atoms with Crippen molar-refractivity contribution >= 4 is 27.5 Å². The molecule has 0 spiro atoms. The van der Waals surface area contributed by atoms with E-state index in [9.17, 15) is 13.2 Å². The number of carbonyl (C=O) groups excluding carboxylic acids is 1.